The van der Waals surface area contributed by atoms with Crippen LogP contribution in [0.2, 0.25) is 0 Å². The van der Waals surface area contributed by atoms with E-state index in [0.29, 0.717) is 23.5 Å². The first-order chi connectivity index (χ1) is 9.51. The van der Waals surface area contributed by atoms with E-state index in [4.69, 9.17) is 5.84 Å². The molecule has 2 heterocycles. The lowest BCUT2D eigenvalue weighted by atomic mass is 10.2. The fraction of sp³-hybridized carbons (Fsp3) is 0.231. The SMILES string of the molecule is Cc1cc(C)n(Cc2ccc(C(=O)NN)cn2)c(=O)n1. The summed E-state index contributed by atoms with van der Waals surface area (Å²) in [7, 11) is 0. The summed E-state index contributed by atoms with van der Waals surface area (Å²) in [6, 6.07) is 5.11. The highest BCUT2D eigenvalue weighted by molar-refractivity contribution is 5.93. The second-order valence-electron chi connectivity index (χ2n) is 4.42. The van der Waals surface area contributed by atoms with E-state index in [0.717, 1.165) is 5.69 Å². The maximum atomic E-state index is 11.8. The Labute approximate surface area is 115 Å². The minimum atomic E-state index is -0.408. The van der Waals surface area contributed by atoms with Crippen molar-refractivity contribution in [1.82, 2.24) is 20.0 Å². The zero-order chi connectivity index (χ0) is 14.7. The van der Waals surface area contributed by atoms with E-state index < -0.39 is 5.91 Å². The molecule has 2 aromatic heterocycles. The average Bonchev–Trinajstić information content (AvgIpc) is 2.42. The topological polar surface area (TPSA) is 103 Å². The summed E-state index contributed by atoms with van der Waals surface area (Å²) in [4.78, 5) is 31.1. The Balaban J connectivity index is 2.27. The van der Waals surface area contributed by atoms with E-state index in [1.54, 1.807) is 19.1 Å². The van der Waals surface area contributed by atoms with Gasteiger partial charge >= 0.3 is 5.69 Å². The van der Waals surface area contributed by atoms with Gasteiger partial charge in [-0.3, -0.25) is 19.8 Å². The van der Waals surface area contributed by atoms with E-state index in [9.17, 15) is 9.59 Å². The van der Waals surface area contributed by atoms with Crippen molar-refractivity contribution in [2.75, 3.05) is 0 Å². The van der Waals surface area contributed by atoms with E-state index in [1.807, 2.05) is 18.4 Å². The molecule has 0 fully saturated rings. The summed E-state index contributed by atoms with van der Waals surface area (Å²) in [6.45, 7) is 3.92. The highest BCUT2D eigenvalue weighted by Crippen LogP contribution is 2.04. The van der Waals surface area contributed by atoms with Gasteiger partial charge in [-0.25, -0.2) is 10.6 Å². The number of hydrazine groups is 1. The second kappa shape index (κ2) is 5.62. The number of hydrogen-bond donors (Lipinski definition) is 2. The second-order valence-corrected chi connectivity index (χ2v) is 4.42. The number of rotatable bonds is 3. The zero-order valence-electron chi connectivity index (χ0n) is 11.3. The molecule has 3 N–H and O–H groups in total. The van der Waals surface area contributed by atoms with E-state index in [1.165, 1.54) is 10.8 Å². The molecule has 0 saturated carbocycles. The molecule has 20 heavy (non-hydrogen) atoms. The Bertz CT molecular complexity index is 691. The lowest BCUT2D eigenvalue weighted by Crippen LogP contribution is -2.30. The van der Waals surface area contributed by atoms with Crippen LogP contribution in [-0.2, 0) is 6.54 Å². The normalized spacial score (nSPS) is 10.3. The number of carbonyl (C=O) groups is 1. The number of amides is 1. The number of aryl methyl sites for hydroxylation is 2. The monoisotopic (exact) mass is 273 g/mol. The summed E-state index contributed by atoms with van der Waals surface area (Å²) in [5.74, 6) is 4.63. The quantitative estimate of drug-likeness (QED) is 0.462. The van der Waals surface area contributed by atoms with Crippen LogP contribution in [0, 0.1) is 13.8 Å². The predicted molar refractivity (Wildman–Crippen MR) is 73.0 cm³/mol. The Kier molecular flexibility index (Phi) is 3.90. The van der Waals surface area contributed by atoms with Gasteiger partial charge in [0, 0.05) is 17.6 Å². The summed E-state index contributed by atoms with van der Waals surface area (Å²) >= 11 is 0. The van der Waals surface area contributed by atoms with Crippen LogP contribution >= 0.6 is 0 Å². The third kappa shape index (κ3) is 2.89. The van der Waals surface area contributed by atoms with Gasteiger partial charge in [0.05, 0.1) is 17.8 Å². The molecule has 7 heteroatoms. The molecule has 0 atom stereocenters. The summed E-state index contributed by atoms with van der Waals surface area (Å²) in [6.07, 6.45) is 1.42. The van der Waals surface area contributed by atoms with Crippen LogP contribution in [0.25, 0.3) is 0 Å². The number of carbonyl (C=O) groups excluding carboxylic acids is 1. The molecule has 0 radical (unpaired) electrons. The average molecular weight is 273 g/mol. The molecule has 2 aromatic rings. The van der Waals surface area contributed by atoms with Crippen LogP contribution in [0.3, 0.4) is 0 Å². The number of nitrogens with two attached hydrogens (primary N) is 1. The molecule has 0 saturated heterocycles. The van der Waals surface area contributed by atoms with E-state index in [2.05, 4.69) is 9.97 Å². The van der Waals surface area contributed by atoms with Crippen molar-refractivity contribution in [3.05, 3.63) is 57.5 Å². The zero-order valence-corrected chi connectivity index (χ0v) is 11.3. The Morgan fingerprint density at radius 1 is 1.40 bits per heavy atom. The van der Waals surface area contributed by atoms with Gasteiger partial charge in [-0.15, -0.1) is 0 Å². The maximum absolute atomic E-state index is 11.8. The molecule has 1 amide bonds. The number of nitrogen functional groups attached to an aromatic ring is 1. The predicted octanol–water partition coefficient (Wildman–Crippen LogP) is -0.0931. The first-order valence-corrected chi connectivity index (χ1v) is 6.02. The smallest absolute Gasteiger partial charge is 0.291 e. The van der Waals surface area contributed by atoms with Crippen molar-refractivity contribution in [1.29, 1.82) is 0 Å². The van der Waals surface area contributed by atoms with E-state index in [-0.39, 0.29) is 5.69 Å². The lowest BCUT2D eigenvalue weighted by Gasteiger charge is -2.09. The third-order valence-corrected chi connectivity index (χ3v) is 2.88. The Hall–Kier alpha value is -2.54. The van der Waals surface area contributed by atoms with Gasteiger partial charge in [0.15, 0.2) is 0 Å². The molecule has 0 unspecified atom stereocenters. The van der Waals surface area contributed by atoms with Gasteiger partial charge in [0.2, 0.25) is 0 Å². The van der Waals surface area contributed by atoms with Crippen molar-refractivity contribution in [2.45, 2.75) is 20.4 Å². The highest BCUT2D eigenvalue weighted by Gasteiger charge is 2.07. The van der Waals surface area contributed by atoms with Crippen LogP contribution in [0.5, 0.6) is 0 Å². The van der Waals surface area contributed by atoms with Gasteiger partial charge in [-0.05, 0) is 32.0 Å². The fourth-order valence-corrected chi connectivity index (χ4v) is 1.86. The molecule has 0 aliphatic carbocycles. The van der Waals surface area contributed by atoms with Gasteiger partial charge in [-0.1, -0.05) is 0 Å². The van der Waals surface area contributed by atoms with Gasteiger partial charge in [0.25, 0.3) is 5.91 Å². The Morgan fingerprint density at radius 2 is 2.15 bits per heavy atom. The molecule has 104 valence electrons. The number of nitrogens with one attached hydrogen (secondary N) is 1. The van der Waals surface area contributed by atoms with E-state index >= 15 is 0 Å². The summed E-state index contributed by atoms with van der Waals surface area (Å²) in [5, 5.41) is 0. The molecule has 2 rings (SSSR count). The van der Waals surface area contributed by atoms with Crippen LogP contribution in [-0.4, -0.2) is 20.4 Å². The van der Waals surface area contributed by atoms with Gasteiger partial charge in [-0.2, -0.15) is 4.98 Å². The standard InChI is InChI=1S/C13H15N5O2/c1-8-5-9(2)18(13(20)16-8)7-11-4-3-10(6-15-11)12(19)17-14/h3-6H,7,14H2,1-2H3,(H,17,19). The molecular weight excluding hydrogens is 258 g/mol. The van der Waals surface area contributed by atoms with Crippen molar-refractivity contribution >= 4 is 5.91 Å². The highest BCUT2D eigenvalue weighted by atomic mass is 16.2. The largest absolute Gasteiger partial charge is 0.348 e. The van der Waals surface area contributed by atoms with Crippen molar-refractivity contribution in [3.8, 4) is 0 Å². The number of pyridine rings is 1. The van der Waals surface area contributed by atoms with Crippen molar-refractivity contribution in [2.24, 2.45) is 5.84 Å². The van der Waals surface area contributed by atoms with Crippen LogP contribution in [0.15, 0.2) is 29.2 Å². The molecule has 0 aromatic carbocycles. The first-order valence-electron chi connectivity index (χ1n) is 6.02. The minimum Gasteiger partial charge on any atom is -0.291 e. The number of aromatic nitrogens is 3. The molecule has 0 aliphatic heterocycles. The Morgan fingerprint density at radius 3 is 2.70 bits per heavy atom. The first kappa shape index (κ1) is 13.9. The van der Waals surface area contributed by atoms with Crippen LogP contribution < -0.4 is 17.0 Å². The molecule has 0 bridgehead atoms. The minimum absolute atomic E-state index is 0.308. The van der Waals surface area contributed by atoms with Crippen molar-refractivity contribution < 1.29 is 4.79 Å². The lowest BCUT2D eigenvalue weighted by molar-refractivity contribution is 0.0953. The molecule has 7 nitrogen and oxygen atoms in total. The number of hydrogen-bond acceptors (Lipinski definition) is 5. The van der Waals surface area contributed by atoms with Gasteiger partial charge in [0.1, 0.15) is 0 Å². The van der Waals surface area contributed by atoms with Crippen LogP contribution in [0.4, 0.5) is 0 Å². The molecule has 0 aliphatic rings. The fourth-order valence-electron chi connectivity index (χ4n) is 1.86. The maximum Gasteiger partial charge on any atom is 0.348 e. The third-order valence-electron chi connectivity index (χ3n) is 2.88. The van der Waals surface area contributed by atoms with Crippen LogP contribution in [0.1, 0.15) is 27.4 Å². The number of nitrogens with zero attached hydrogens (tertiary/aromatic N) is 3. The van der Waals surface area contributed by atoms with Crippen molar-refractivity contribution in [3.63, 3.8) is 0 Å². The summed E-state index contributed by atoms with van der Waals surface area (Å²) in [5.41, 5.74) is 4.24. The van der Waals surface area contributed by atoms with Gasteiger partial charge < -0.3 is 0 Å². The molecular formula is C13H15N5O2. The summed E-state index contributed by atoms with van der Waals surface area (Å²) < 4.78 is 1.53. The molecule has 0 spiro atoms.